The van der Waals surface area contributed by atoms with Gasteiger partial charge in [0.2, 0.25) is 11.7 Å². The number of benzene rings is 2. The van der Waals surface area contributed by atoms with Gasteiger partial charge in [-0.25, -0.2) is 4.85 Å². The molecule has 0 saturated carbocycles. The molecule has 0 aromatic heterocycles. The molecule has 10 heteroatoms. The third-order valence-electron chi connectivity index (χ3n) is 7.63. The van der Waals surface area contributed by atoms with Gasteiger partial charge in [-0.2, -0.15) is 0 Å². The fourth-order valence-electron chi connectivity index (χ4n) is 4.67. The van der Waals surface area contributed by atoms with Crippen LogP contribution in [0.2, 0.25) is 0 Å². The van der Waals surface area contributed by atoms with Gasteiger partial charge in [-0.3, -0.25) is 28.8 Å². The first-order valence-electron chi connectivity index (χ1n) is 14.6. The van der Waals surface area contributed by atoms with Gasteiger partial charge in [0, 0.05) is 25.2 Å². The molecule has 0 radical (unpaired) electrons. The normalized spacial score (nSPS) is 13.8. The van der Waals surface area contributed by atoms with Crippen LogP contribution in [0.3, 0.4) is 0 Å². The highest BCUT2D eigenvalue weighted by Crippen LogP contribution is 2.24. The Hall–Kier alpha value is -4.65. The van der Waals surface area contributed by atoms with E-state index in [0.29, 0.717) is 17.7 Å². The van der Waals surface area contributed by atoms with E-state index in [1.165, 1.54) is 20.8 Å². The molecule has 0 fully saturated rings. The second-order valence-electron chi connectivity index (χ2n) is 11.9. The molecule has 44 heavy (non-hydrogen) atoms. The average Bonchev–Trinajstić information content (AvgIpc) is 2.98. The van der Waals surface area contributed by atoms with Crippen LogP contribution in [0.5, 0.6) is 0 Å². The zero-order valence-corrected chi connectivity index (χ0v) is 25.9. The van der Waals surface area contributed by atoms with Crippen molar-refractivity contribution < 1.29 is 33.9 Å². The Morgan fingerprint density at radius 1 is 0.932 bits per heavy atom. The van der Waals surface area contributed by atoms with Gasteiger partial charge in [0.05, 0.1) is 24.1 Å². The number of carboxylic acids is 1. The van der Waals surface area contributed by atoms with Crippen LogP contribution in [0.25, 0.3) is 4.85 Å². The molecule has 234 valence electrons. The van der Waals surface area contributed by atoms with Crippen molar-refractivity contribution in [3.8, 4) is 0 Å². The Labute approximate surface area is 258 Å². The first kappa shape index (κ1) is 35.5. The Balaban J connectivity index is 2.18. The zero-order valence-electron chi connectivity index (χ0n) is 25.9. The Bertz CT molecular complexity index is 1410. The first-order chi connectivity index (χ1) is 20.7. The number of carbonyl (C=O) groups is 6. The summed E-state index contributed by atoms with van der Waals surface area (Å²) in [6.07, 6.45) is 0.268. The van der Waals surface area contributed by atoms with Crippen molar-refractivity contribution in [3.63, 3.8) is 0 Å². The third kappa shape index (κ3) is 10.6. The van der Waals surface area contributed by atoms with Crippen LogP contribution >= 0.6 is 0 Å². The van der Waals surface area contributed by atoms with Crippen LogP contribution in [0.1, 0.15) is 65.0 Å². The molecule has 0 heterocycles. The molecule has 2 aromatic carbocycles. The molecular formula is C34H41N3O7. The number of amides is 2. The minimum Gasteiger partial charge on any atom is -0.481 e. The van der Waals surface area contributed by atoms with Crippen molar-refractivity contribution in [1.29, 1.82) is 0 Å². The molecule has 2 aromatic rings. The summed E-state index contributed by atoms with van der Waals surface area (Å²) in [7, 11) is 0. The van der Waals surface area contributed by atoms with Crippen molar-refractivity contribution in [2.24, 2.45) is 17.3 Å². The van der Waals surface area contributed by atoms with Crippen molar-refractivity contribution in [3.05, 3.63) is 77.1 Å². The van der Waals surface area contributed by atoms with E-state index >= 15 is 0 Å². The van der Waals surface area contributed by atoms with Gasteiger partial charge in [-0.1, -0.05) is 80.4 Å². The fourth-order valence-corrected chi connectivity index (χ4v) is 4.67. The lowest BCUT2D eigenvalue weighted by atomic mass is 9.82. The summed E-state index contributed by atoms with van der Waals surface area (Å²) in [6, 6.07) is 13.4. The maximum absolute atomic E-state index is 13.4. The number of hydrogen-bond donors (Lipinski definition) is 3. The van der Waals surface area contributed by atoms with Gasteiger partial charge in [0.1, 0.15) is 5.78 Å². The van der Waals surface area contributed by atoms with E-state index in [1.54, 1.807) is 38.1 Å². The second-order valence-corrected chi connectivity index (χ2v) is 11.9. The highest BCUT2D eigenvalue weighted by atomic mass is 16.4. The maximum Gasteiger partial charge on any atom is 0.309 e. The minimum absolute atomic E-state index is 0.118. The fraction of sp³-hybridized carbons (Fsp3) is 0.441. The standard InChI is InChI=1S/C34H41N3O7/c1-7-21(2)29(28(39)20-34(4,5)33(43)44)37-32(42)30(40)22(3)36-31(41)25(16-24-14-11-15-26(17-24)35-6)19-27(38)18-23-12-9-8-10-13-23/h8-15,17,21-22,25,29H,7,16,18-20H2,1-5H3,(H,36,41)(H,37,42)(H,43,44). The molecular weight excluding hydrogens is 562 g/mol. The van der Waals surface area contributed by atoms with E-state index in [9.17, 15) is 33.9 Å². The Morgan fingerprint density at radius 3 is 2.16 bits per heavy atom. The molecule has 0 saturated heterocycles. The SMILES string of the molecule is [C-]#[N+]c1cccc(CC(CC(=O)Cc2ccccc2)C(=O)NC(C)C(=O)C(=O)NC(C(=O)CC(C)(C)C(=O)O)C(C)CC)c1. The number of nitrogens with one attached hydrogen (secondary N) is 2. The molecule has 0 aliphatic carbocycles. The number of aliphatic carboxylic acids is 1. The second kappa shape index (κ2) is 16.3. The predicted molar refractivity (Wildman–Crippen MR) is 165 cm³/mol. The average molecular weight is 604 g/mol. The van der Waals surface area contributed by atoms with Gasteiger partial charge in [-0.05, 0) is 38.7 Å². The quantitative estimate of drug-likeness (QED) is 0.180. The van der Waals surface area contributed by atoms with E-state index < -0.39 is 52.8 Å². The van der Waals surface area contributed by atoms with E-state index in [-0.39, 0.29) is 37.4 Å². The van der Waals surface area contributed by atoms with E-state index in [1.807, 2.05) is 30.3 Å². The minimum atomic E-state index is -1.36. The van der Waals surface area contributed by atoms with Gasteiger partial charge in [0.15, 0.2) is 11.5 Å². The highest BCUT2D eigenvalue weighted by Gasteiger charge is 2.37. The number of hydrogen-bond acceptors (Lipinski definition) is 6. The molecule has 4 atom stereocenters. The van der Waals surface area contributed by atoms with Crippen molar-refractivity contribution >= 4 is 40.8 Å². The number of carboxylic acid groups (broad SMARTS) is 1. The van der Waals surface area contributed by atoms with E-state index in [4.69, 9.17) is 6.57 Å². The number of nitrogens with zero attached hydrogens (tertiary/aromatic N) is 1. The number of rotatable bonds is 17. The summed E-state index contributed by atoms with van der Waals surface area (Å²) < 4.78 is 0. The van der Waals surface area contributed by atoms with Crippen molar-refractivity contribution in [2.75, 3.05) is 0 Å². The van der Waals surface area contributed by atoms with Gasteiger partial charge in [-0.15, -0.1) is 0 Å². The molecule has 3 N–H and O–H groups in total. The number of carbonyl (C=O) groups excluding carboxylic acids is 5. The Morgan fingerprint density at radius 2 is 1.57 bits per heavy atom. The van der Waals surface area contributed by atoms with Crippen LogP contribution < -0.4 is 10.6 Å². The van der Waals surface area contributed by atoms with Crippen molar-refractivity contribution in [2.45, 2.75) is 78.8 Å². The smallest absolute Gasteiger partial charge is 0.309 e. The Kier molecular flexibility index (Phi) is 13.1. The van der Waals surface area contributed by atoms with Crippen LogP contribution in [-0.4, -0.2) is 52.3 Å². The van der Waals surface area contributed by atoms with Gasteiger partial charge in [0.25, 0.3) is 5.91 Å². The molecule has 10 nitrogen and oxygen atoms in total. The maximum atomic E-state index is 13.4. The molecule has 2 amide bonds. The lowest BCUT2D eigenvalue weighted by molar-refractivity contribution is -0.150. The summed E-state index contributed by atoms with van der Waals surface area (Å²) in [5, 5.41) is 14.4. The predicted octanol–water partition coefficient (Wildman–Crippen LogP) is 4.27. The lowest BCUT2D eigenvalue weighted by Crippen LogP contribution is -2.53. The highest BCUT2D eigenvalue weighted by molar-refractivity contribution is 6.38. The summed E-state index contributed by atoms with van der Waals surface area (Å²) >= 11 is 0. The van der Waals surface area contributed by atoms with Gasteiger partial charge < -0.3 is 15.7 Å². The molecule has 4 unspecified atom stereocenters. The summed E-state index contributed by atoms with van der Waals surface area (Å²) in [5.74, 6) is -5.78. The van der Waals surface area contributed by atoms with Crippen LogP contribution in [0, 0.1) is 23.8 Å². The molecule has 0 aliphatic heterocycles. The largest absolute Gasteiger partial charge is 0.481 e. The zero-order chi connectivity index (χ0) is 33.0. The summed E-state index contributed by atoms with van der Waals surface area (Å²) in [4.78, 5) is 80.3. The summed E-state index contributed by atoms with van der Waals surface area (Å²) in [5.41, 5.74) is 0.487. The van der Waals surface area contributed by atoms with Crippen LogP contribution in [0.15, 0.2) is 54.6 Å². The third-order valence-corrected chi connectivity index (χ3v) is 7.63. The molecule has 0 spiro atoms. The monoisotopic (exact) mass is 603 g/mol. The van der Waals surface area contributed by atoms with E-state index in [2.05, 4.69) is 15.5 Å². The molecule has 0 bridgehead atoms. The first-order valence-corrected chi connectivity index (χ1v) is 14.6. The lowest BCUT2D eigenvalue weighted by Gasteiger charge is -2.27. The van der Waals surface area contributed by atoms with E-state index in [0.717, 1.165) is 5.56 Å². The molecule has 2 rings (SSSR count). The number of ketones is 3. The summed E-state index contributed by atoms with van der Waals surface area (Å²) in [6.45, 7) is 14.9. The van der Waals surface area contributed by atoms with Crippen molar-refractivity contribution in [1.82, 2.24) is 10.6 Å². The number of Topliss-reactive ketones (excluding diaryl/α,β-unsaturated/α-hetero) is 3. The van der Waals surface area contributed by atoms with Crippen LogP contribution in [-0.2, 0) is 41.6 Å². The van der Waals surface area contributed by atoms with Crippen LogP contribution in [0.4, 0.5) is 5.69 Å². The topological polar surface area (TPSA) is 151 Å². The van der Waals surface area contributed by atoms with Gasteiger partial charge >= 0.3 is 5.97 Å². The molecule has 0 aliphatic rings.